The van der Waals surface area contributed by atoms with Crippen LogP contribution in [0.3, 0.4) is 0 Å². The van der Waals surface area contributed by atoms with Gasteiger partial charge < -0.3 is 10.2 Å². The van der Waals surface area contributed by atoms with Crippen LogP contribution in [0.4, 0.5) is 0 Å². The zero-order valence-electron chi connectivity index (χ0n) is 11.8. The van der Waals surface area contributed by atoms with Gasteiger partial charge in [-0.15, -0.1) is 0 Å². The highest BCUT2D eigenvalue weighted by atomic mass is 16.2. The maximum atomic E-state index is 12.1. The molecule has 100 valence electrons. The number of amides is 1. The average molecular weight is 240 g/mol. The molecule has 0 radical (unpaired) electrons. The van der Waals surface area contributed by atoms with Crippen molar-refractivity contribution in [2.75, 3.05) is 13.1 Å². The second kappa shape index (κ2) is 7.00. The van der Waals surface area contributed by atoms with Crippen molar-refractivity contribution in [3.8, 4) is 0 Å². The summed E-state index contributed by atoms with van der Waals surface area (Å²) in [4.78, 5) is 14.2. The van der Waals surface area contributed by atoms with Gasteiger partial charge in [-0.1, -0.05) is 13.8 Å². The molecule has 1 N–H and O–H groups in total. The first-order valence-corrected chi connectivity index (χ1v) is 7.03. The van der Waals surface area contributed by atoms with E-state index in [0.29, 0.717) is 24.4 Å². The maximum Gasteiger partial charge on any atom is 0.222 e. The Bertz CT molecular complexity index is 234. The fourth-order valence-corrected chi connectivity index (χ4v) is 1.95. The number of rotatable bonds is 8. The molecule has 1 saturated carbocycles. The summed E-state index contributed by atoms with van der Waals surface area (Å²) in [6.45, 7) is 10.4. The van der Waals surface area contributed by atoms with Gasteiger partial charge in [0.15, 0.2) is 0 Å². The molecule has 0 aromatic rings. The molecule has 0 unspecified atom stereocenters. The normalized spacial score (nSPS) is 15.6. The average Bonchev–Trinajstić information content (AvgIpc) is 3.03. The van der Waals surface area contributed by atoms with E-state index in [9.17, 15) is 4.79 Å². The number of nitrogens with zero attached hydrogens (tertiary/aromatic N) is 1. The predicted molar refractivity (Wildman–Crippen MR) is 71.9 cm³/mol. The first kappa shape index (κ1) is 14.5. The van der Waals surface area contributed by atoms with Crippen LogP contribution in [0.25, 0.3) is 0 Å². The Kier molecular flexibility index (Phi) is 5.96. The molecule has 3 heteroatoms. The van der Waals surface area contributed by atoms with Crippen LogP contribution in [0.15, 0.2) is 0 Å². The van der Waals surface area contributed by atoms with Crippen LogP contribution in [-0.2, 0) is 4.79 Å². The minimum Gasteiger partial charge on any atom is -0.340 e. The van der Waals surface area contributed by atoms with Crippen LogP contribution >= 0.6 is 0 Å². The fraction of sp³-hybridized carbons (Fsp3) is 0.929. The predicted octanol–water partition coefficient (Wildman–Crippen LogP) is 2.41. The van der Waals surface area contributed by atoms with Crippen molar-refractivity contribution in [2.45, 2.75) is 65.5 Å². The lowest BCUT2D eigenvalue weighted by atomic mass is 10.2. The van der Waals surface area contributed by atoms with Gasteiger partial charge in [-0.2, -0.15) is 0 Å². The lowest BCUT2D eigenvalue weighted by Gasteiger charge is -2.27. The Balaban J connectivity index is 2.22. The van der Waals surface area contributed by atoms with Gasteiger partial charge in [-0.05, 0) is 45.6 Å². The first-order chi connectivity index (χ1) is 8.00. The van der Waals surface area contributed by atoms with Crippen LogP contribution in [0, 0.1) is 5.92 Å². The van der Waals surface area contributed by atoms with Gasteiger partial charge in [0.2, 0.25) is 5.91 Å². The molecular formula is C14H28N2O. The van der Waals surface area contributed by atoms with Crippen molar-refractivity contribution < 1.29 is 4.79 Å². The summed E-state index contributed by atoms with van der Waals surface area (Å²) in [5, 5.41) is 3.35. The summed E-state index contributed by atoms with van der Waals surface area (Å²) in [5.41, 5.74) is 0. The topological polar surface area (TPSA) is 32.3 Å². The quantitative estimate of drug-likeness (QED) is 0.661. The summed E-state index contributed by atoms with van der Waals surface area (Å²) >= 11 is 0. The Morgan fingerprint density at radius 3 is 2.41 bits per heavy atom. The number of hydrogen-bond acceptors (Lipinski definition) is 2. The van der Waals surface area contributed by atoms with Crippen LogP contribution in [-0.4, -0.2) is 36.0 Å². The van der Waals surface area contributed by atoms with Crippen LogP contribution < -0.4 is 5.32 Å². The molecule has 0 bridgehead atoms. The number of carbonyl (C=O) groups is 1. The van der Waals surface area contributed by atoms with Crippen LogP contribution in [0.2, 0.25) is 0 Å². The molecule has 0 aromatic heterocycles. The minimum absolute atomic E-state index is 0.331. The molecule has 0 atom stereocenters. The van der Waals surface area contributed by atoms with E-state index in [2.05, 4.69) is 37.9 Å². The summed E-state index contributed by atoms with van der Waals surface area (Å²) in [6.07, 6.45) is 4.26. The summed E-state index contributed by atoms with van der Waals surface area (Å²) < 4.78 is 0. The van der Waals surface area contributed by atoms with Crippen molar-refractivity contribution in [1.82, 2.24) is 10.2 Å². The molecule has 1 rings (SSSR count). The number of carbonyl (C=O) groups excluding carboxylic acids is 1. The van der Waals surface area contributed by atoms with Gasteiger partial charge in [0, 0.05) is 25.0 Å². The van der Waals surface area contributed by atoms with E-state index in [0.717, 1.165) is 25.4 Å². The van der Waals surface area contributed by atoms with E-state index < -0.39 is 0 Å². The van der Waals surface area contributed by atoms with Gasteiger partial charge in [0.25, 0.3) is 0 Å². The summed E-state index contributed by atoms with van der Waals surface area (Å²) in [7, 11) is 0. The second-order valence-electron chi connectivity index (χ2n) is 5.80. The standard InChI is InChI=1S/C14H28N2O/c1-11(2)15-9-5-6-14(17)16(12(3)4)10-13-7-8-13/h11-13,15H,5-10H2,1-4H3. The van der Waals surface area contributed by atoms with Crippen molar-refractivity contribution in [3.63, 3.8) is 0 Å². The van der Waals surface area contributed by atoms with E-state index in [1.54, 1.807) is 0 Å². The first-order valence-electron chi connectivity index (χ1n) is 7.03. The Morgan fingerprint density at radius 2 is 1.94 bits per heavy atom. The molecule has 3 nitrogen and oxygen atoms in total. The van der Waals surface area contributed by atoms with Gasteiger partial charge in [0.1, 0.15) is 0 Å². The third kappa shape index (κ3) is 6.06. The zero-order chi connectivity index (χ0) is 12.8. The fourth-order valence-electron chi connectivity index (χ4n) is 1.95. The monoisotopic (exact) mass is 240 g/mol. The molecule has 17 heavy (non-hydrogen) atoms. The van der Waals surface area contributed by atoms with Crippen molar-refractivity contribution in [1.29, 1.82) is 0 Å². The van der Waals surface area contributed by atoms with E-state index in [1.165, 1.54) is 12.8 Å². The van der Waals surface area contributed by atoms with Crippen LogP contribution in [0.1, 0.15) is 53.4 Å². The lowest BCUT2D eigenvalue weighted by Crippen LogP contribution is -2.38. The molecule has 0 heterocycles. The van der Waals surface area contributed by atoms with Gasteiger partial charge >= 0.3 is 0 Å². The largest absolute Gasteiger partial charge is 0.340 e. The van der Waals surface area contributed by atoms with Gasteiger partial charge in [-0.3, -0.25) is 4.79 Å². The van der Waals surface area contributed by atoms with Gasteiger partial charge in [-0.25, -0.2) is 0 Å². The maximum absolute atomic E-state index is 12.1. The Hall–Kier alpha value is -0.570. The third-order valence-corrected chi connectivity index (χ3v) is 3.22. The molecule has 1 aliphatic carbocycles. The second-order valence-corrected chi connectivity index (χ2v) is 5.80. The van der Waals surface area contributed by atoms with Crippen molar-refractivity contribution >= 4 is 5.91 Å². The zero-order valence-corrected chi connectivity index (χ0v) is 11.8. The van der Waals surface area contributed by atoms with Crippen LogP contribution in [0.5, 0.6) is 0 Å². The molecule has 1 fully saturated rings. The van der Waals surface area contributed by atoms with E-state index in [1.807, 2.05) is 0 Å². The molecule has 0 aliphatic heterocycles. The van der Waals surface area contributed by atoms with E-state index in [-0.39, 0.29) is 0 Å². The highest BCUT2D eigenvalue weighted by molar-refractivity contribution is 5.76. The summed E-state index contributed by atoms with van der Waals surface area (Å²) in [5.74, 6) is 1.12. The molecular weight excluding hydrogens is 212 g/mol. The molecule has 1 aliphatic rings. The molecule has 0 aromatic carbocycles. The SMILES string of the molecule is CC(C)NCCCC(=O)N(CC1CC1)C(C)C. The minimum atomic E-state index is 0.331. The molecule has 0 saturated heterocycles. The van der Waals surface area contributed by atoms with Crippen molar-refractivity contribution in [3.05, 3.63) is 0 Å². The Morgan fingerprint density at radius 1 is 1.29 bits per heavy atom. The highest BCUT2D eigenvalue weighted by Gasteiger charge is 2.27. The number of hydrogen-bond donors (Lipinski definition) is 1. The van der Waals surface area contributed by atoms with Crippen molar-refractivity contribution in [2.24, 2.45) is 5.92 Å². The van der Waals surface area contributed by atoms with Gasteiger partial charge in [0.05, 0.1) is 0 Å². The molecule has 1 amide bonds. The van der Waals surface area contributed by atoms with E-state index in [4.69, 9.17) is 0 Å². The summed E-state index contributed by atoms with van der Waals surface area (Å²) in [6, 6.07) is 0.860. The number of nitrogens with one attached hydrogen (secondary N) is 1. The highest BCUT2D eigenvalue weighted by Crippen LogP contribution is 2.30. The lowest BCUT2D eigenvalue weighted by molar-refractivity contribution is -0.133. The third-order valence-electron chi connectivity index (χ3n) is 3.22. The van der Waals surface area contributed by atoms with E-state index >= 15 is 0 Å². The Labute approximate surface area is 106 Å². The molecule has 0 spiro atoms. The smallest absolute Gasteiger partial charge is 0.222 e.